The molecular formula is C16H17BrFNO. The van der Waals surface area contributed by atoms with Crippen LogP contribution in [0.3, 0.4) is 0 Å². The first-order valence-corrected chi connectivity index (χ1v) is 7.28. The van der Waals surface area contributed by atoms with Crippen LogP contribution in [0.15, 0.2) is 40.9 Å². The third-order valence-electron chi connectivity index (χ3n) is 3.15. The summed E-state index contributed by atoms with van der Waals surface area (Å²) in [5.74, 6) is -0.0649. The number of hydrogen-bond donors (Lipinski definition) is 1. The molecule has 2 aromatic rings. The van der Waals surface area contributed by atoms with Crippen LogP contribution in [0.1, 0.15) is 18.1 Å². The molecule has 1 N–H and O–H groups in total. The minimum absolute atomic E-state index is 0.270. The minimum atomic E-state index is -0.335. The molecule has 2 nitrogen and oxygen atoms in total. The van der Waals surface area contributed by atoms with E-state index in [2.05, 4.69) is 34.2 Å². The predicted molar refractivity (Wildman–Crippen MR) is 83.8 cm³/mol. The maximum Gasteiger partial charge on any atom is 0.165 e. The molecule has 0 radical (unpaired) electrons. The molecule has 0 saturated heterocycles. The van der Waals surface area contributed by atoms with Crippen LogP contribution >= 0.6 is 15.9 Å². The van der Waals surface area contributed by atoms with E-state index in [9.17, 15) is 4.39 Å². The number of rotatable bonds is 5. The molecule has 0 aromatic heterocycles. The molecule has 2 aromatic carbocycles. The first-order chi connectivity index (χ1) is 9.63. The number of methoxy groups -OCH3 is 1. The zero-order valence-electron chi connectivity index (χ0n) is 11.5. The van der Waals surface area contributed by atoms with E-state index < -0.39 is 0 Å². The monoisotopic (exact) mass is 337 g/mol. The van der Waals surface area contributed by atoms with Gasteiger partial charge in [0.15, 0.2) is 11.6 Å². The van der Waals surface area contributed by atoms with Gasteiger partial charge >= 0.3 is 0 Å². The molecule has 0 amide bonds. The first-order valence-electron chi connectivity index (χ1n) is 6.48. The van der Waals surface area contributed by atoms with Crippen molar-refractivity contribution in [3.63, 3.8) is 0 Å². The Morgan fingerprint density at radius 3 is 2.65 bits per heavy atom. The number of anilines is 1. The highest BCUT2D eigenvalue weighted by atomic mass is 79.9. The molecular weight excluding hydrogens is 321 g/mol. The summed E-state index contributed by atoms with van der Waals surface area (Å²) < 4.78 is 19.6. The van der Waals surface area contributed by atoms with E-state index in [1.54, 1.807) is 6.07 Å². The first kappa shape index (κ1) is 14.9. The zero-order valence-corrected chi connectivity index (χ0v) is 13.1. The smallest absolute Gasteiger partial charge is 0.165 e. The number of aryl methyl sites for hydroxylation is 1. The van der Waals surface area contributed by atoms with Gasteiger partial charge in [0.1, 0.15) is 0 Å². The van der Waals surface area contributed by atoms with Gasteiger partial charge in [-0.1, -0.05) is 28.9 Å². The molecule has 2 rings (SSSR count). The maximum absolute atomic E-state index is 13.6. The van der Waals surface area contributed by atoms with Crippen LogP contribution in [0.2, 0.25) is 0 Å². The molecule has 0 aliphatic rings. The van der Waals surface area contributed by atoms with Crippen molar-refractivity contribution in [2.24, 2.45) is 0 Å². The van der Waals surface area contributed by atoms with E-state index in [0.717, 1.165) is 22.1 Å². The summed E-state index contributed by atoms with van der Waals surface area (Å²) in [5.41, 5.74) is 3.19. The Labute approximate surface area is 127 Å². The highest BCUT2D eigenvalue weighted by Crippen LogP contribution is 2.23. The Morgan fingerprint density at radius 1 is 1.20 bits per heavy atom. The molecule has 4 heteroatoms. The second-order valence-corrected chi connectivity index (χ2v) is 5.39. The number of nitrogens with one attached hydrogen (secondary N) is 1. The summed E-state index contributed by atoms with van der Waals surface area (Å²) in [5, 5.41) is 3.34. The van der Waals surface area contributed by atoms with E-state index in [1.807, 2.05) is 18.2 Å². The van der Waals surface area contributed by atoms with Crippen molar-refractivity contribution in [1.82, 2.24) is 0 Å². The summed E-state index contributed by atoms with van der Waals surface area (Å²) >= 11 is 3.47. The van der Waals surface area contributed by atoms with Crippen molar-refractivity contribution in [2.75, 3.05) is 12.4 Å². The van der Waals surface area contributed by atoms with Gasteiger partial charge in [-0.15, -0.1) is 0 Å². The molecule has 0 saturated carbocycles. The van der Waals surface area contributed by atoms with E-state index >= 15 is 0 Å². The third kappa shape index (κ3) is 3.51. The van der Waals surface area contributed by atoms with E-state index in [1.165, 1.54) is 18.7 Å². The van der Waals surface area contributed by atoms with Crippen molar-refractivity contribution in [2.45, 2.75) is 19.9 Å². The van der Waals surface area contributed by atoms with E-state index in [0.29, 0.717) is 6.54 Å². The molecule has 0 aliphatic carbocycles. The minimum Gasteiger partial charge on any atom is -0.494 e. The maximum atomic E-state index is 13.6. The van der Waals surface area contributed by atoms with Gasteiger partial charge in [0, 0.05) is 16.7 Å². The van der Waals surface area contributed by atoms with Gasteiger partial charge in [-0.05, 0) is 47.9 Å². The average molecular weight is 338 g/mol. The lowest BCUT2D eigenvalue weighted by molar-refractivity contribution is 0.386. The molecule has 20 heavy (non-hydrogen) atoms. The van der Waals surface area contributed by atoms with Crippen molar-refractivity contribution < 1.29 is 9.13 Å². The predicted octanol–water partition coefficient (Wildman–Crippen LogP) is 4.77. The van der Waals surface area contributed by atoms with Crippen molar-refractivity contribution >= 4 is 21.6 Å². The Morgan fingerprint density at radius 2 is 2.00 bits per heavy atom. The van der Waals surface area contributed by atoms with Gasteiger partial charge < -0.3 is 10.1 Å². The quantitative estimate of drug-likeness (QED) is 0.848. The summed E-state index contributed by atoms with van der Waals surface area (Å²) in [7, 11) is 1.46. The molecule has 0 heterocycles. The Balaban J connectivity index is 2.10. The largest absolute Gasteiger partial charge is 0.494 e. The molecule has 0 bridgehead atoms. The third-order valence-corrected chi connectivity index (χ3v) is 3.64. The molecule has 106 valence electrons. The van der Waals surface area contributed by atoms with Crippen LogP contribution in [0, 0.1) is 5.82 Å². The fraction of sp³-hybridized carbons (Fsp3) is 0.250. The van der Waals surface area contributed by atoms with Gasteiger partial charge in [-0.3, -0.25) is 0 Å². The van der Waals surface area contributed by atoms with Gasteiger partial charge in [0.2, 0.25) is 0 Å². The average Bonchev–Trinajstić information content (AvgIpc) is 2.46. The van der Waals surface area contributed by atoms with Crippen molar-refractivity contribution in [1.29, 1.82) is 0 Å². The Kier molecular flexibility index (Phi) is 5.01. The van der Waals surface area contributed by atoms with Crippen LogP contribution in [0.25, 0.3) is 0 Å². The lowest BCUT2D eigenvalue weighted by atomic mass is 10.1. The lowest BCUT2D eigenvalue weighted by Gasteiger charge is -2.12. The molecule has 0 fully saturated rings. The SMILES string of the molecule is CCc1cc(Br)ccc1NCc1ccc(OC)c(F)c1. The molecule has 0 aliphatic heterocycles. The summed E-state index contributed by atoms with van der Waals surface area (Å²) in [6.07, 6.45) is 0.943. The number of benzene rings is 2. The van der Waals surface area contributed by atoms with Crippen LogP contribution in [0.5, 0.6) is 5.75 Å². The summed E-state index contributed by atoms with van der Waals surface area (Å²) in [6, 6.07) is 11.1. The normalized spacial score (nSPS) is 10.4. The van der Waals surface area contributed by atoms with Crippen LogP contribution in [0.4, 0.5) is 10.1 Å². The van der Waals surface area contributed by atoms with Gasteiger partial charge in [-0.2, -0.15) is 0 Å². The highest BCUT2D eigenvalue weighted by Gasteiger charge is 2.05. The van der Waals surface area contributed by atoms with Crippen LogP contribution in [-0.4, -0.2) is 7.11 Å². The standard InChI is InChI=1S/C16H17BrFNO/c1-3-12-9-13(17)5-6-15(12)19-10-11-4-7-16(20-2)14(18)8-11/h4-9,19H,3,10H2,1-2H3. The van der Waals surface area contributed by atoms with Crippen molar-refractivity contribution in [3.05, 3.63) is 57.8 Å². The number of halogens is 2. The second-order valence-electron chi connectivity index (χ2n) is 4.48. The van der Waals surface area contributed by atoms with Gasteiger partial charge in [0.25, 0.3) is 0 Å². The van der Waals surface area contributed by atoms with Crippen LogP contribution in [-0.2, 0) is 13.0 Å². The highest BCUT2D eigenvalue weighted by molar-refractivity contribution is 9.10. The Bertz CT molecular complexity index is 601. The van der Waals surface area contributed by atoms with Gasteiger partial charge in [-0.25, -0.2) is 4.39 Å². The Hall–Kier alpha value is -1.55. The lowest BCUT2D eigenvalue weighted by Crippen LogP contribution is -2.03. The van der Waals surface area contributed by atoms with E-state index in [-0.39, 0.29) is 11.6 Å². The summed E-state index contributed by atoms with van der Waals surface area (Å²) in [6.45, 7) is 2.69. The van der Waals surface area contributed by atoms with Gasteiger partial charge in [0.05, 0.1) is 7.11 Å². The van der Waals surface area contributed by atoms with Crippen LogP contribution < -0.4 is 10.1 Å². The fourth-order valence-corrected chi connectivity index (χ4v) is 2.45. The number of ether oxygens (including phenoxy) is 1. The summed E-state index contributed by atoms with van der Waals surface area (Å²) in [4.78, 5) is 0. The van der Waals surface area contributed by atoms with Crippen molar-refractivity contribution in [3.8, 4) is 5.75 Å². The second kappa shape index (κ2) is 6.75. The fourth-order valence-electron chi connectivity index (χ4n) is 2.04. The molecule has 0 spiro atoms. The molecule has 0 unspecified atom stereocenters. The topological polar surface area (TPSA) is 21.3 Å². The zero-order chi connectivity index (χ0) is 14.5. The number of hydrogen-bond acceptors (Lipinski definition) is 2. The van der Waals surface area contributed by atoms with E-state index in [4.69, 9.17) is 4.74 Å². The molecule has 0 atom stereocenters.